The van der Waals surface area contributed by atoms with Gasteiger partial charge in [-0.05, 0) is 5.56 Å². The van der Waals surface area contributed by atoms with Crippen molar-refractivity contribution in [3.8, 4) is 0 Å². The van der Waals surface area contributed by atoms with Crippen LogP contribution in [-0.2, 0) is 6.54 Å². The first kappa shape index (κ1) is 11.4. The molecule has 0 unspecified atom stereocenters. The number of rotatable bonds is 4. The molecule has 1 heterocycles. The van der Waals surface area contributed by atoms with E-state index >= 15 is 0 Å². The van der Waals surface area contributed by atoms with Gasteiger partial charge in [0.15, 0.2) is 0 Å². The summed E-state index contributed by atoms with van der Waals surface area (Å²) in [7, 11) is 0. The molecule has 3 nitrogen and oxygen atoms in total. The van der Waals surface area contributed by atoms with Crippen LogP contribution >= 0.6 is 0 Å². The van der Waals surface area contributed by atoms with Crippen molar-refractivity contribution >= 4 is 5.82 Å². The van der Waals surface area contributed by atoms with Crippen LogP contribution in [0.1, 0.15) is 17.6 Å². The first-order valence-corrected chi connectivity index (χ1v) is 5.12. The summed E-state index contributed by atoms with van der Waals surface area (Å²) in [4.78, 5) is 7.96. The Morgan fingerprint density at radius 2 is 1.88 bits per heavy atom. The van der Waals surface area contributed by atoms with Crippen LogP contribution in [0.5, 0.6) is 0 Å². The van der Waals surface area contributed by atoms with E-state index in [0.29, 0.717) is 12.4 Å². The molecule has 0 amide bonds. The van der Waals surface area contributed by atoms with Gasteiger partial charge < -0.3 is 5.32 Å². The molecule has 0 atom stereocenters. The van der Waals surface area contributed by atoms with Crippen molar-refractivity contribution in [3.63, 3.8) is 0 Å². The predicted octanol–water partition coefficient (Wildman–Crippen LogP) is 3.03. The van der Waals surface area contributed by atoms with Crippen LogP contribution in [0.2, 0.25) is 0 Å². The second-order valence-electron chi connectivity index (χ2n) is 3.49. The van der Waals surface area contributed by atoms with Gasteiger partial charge >= 0.3 is 0 Å². The molecule has 2 rings (SSSR count). The molecular weight excluding hydrogens is 224 g/mol. The Hall–Kier alpha value is -2.04. The van der Waals surface area contributed by atoms with Crippen molar-refractivity contribution in [2.24, 2.45) is 0 Å². The molecule has 0 saturated heterocycles. The number of halogens is 2. The largest absolute Gasteiger partial charge is 0.365 e. The third-order valence-electron chi connectivity index (χ3n) is 2.27. The number of alkyl halides is 2. The van der Waals surface area contributed by atoms with Gasteiger partial charge in [0, 0.05) is 24.5 Å². The monoisotopic (exact) mass is 235 g/mol. The average molecular weight is 235 g/mol. The zero-order chi connectivity index (χ0) is 12.1. The quantitative estimate of drug-likeness (QED) is 0.885. The molecule has 2 aromatic rings. The van der Waals surface area contributed by atoms with Crippen LogP contribution < -0.4 is 5.32 Å². The summed E-state index contributed by atoms with van der Waals surface area (Å²) in [6, 6.07) is 6.20. The number of anilines is 1. The van der Waals surface area contributed by atoms with Crippen LogP contribution in [0.15, 0.2) is 42.9 Å². The van der Waals surface area contributed by atoms with Gasteiger partial charge in [-0.2, -0.15) is 0 Å². The highest BCUT2D eigenvalue weighted by Gasteiger charge is 2.05. The molecule has 17 heavy (non-hydrogen) atoms. The summed E-state index contributed by atoms with van der Waals surface area (Å²) in [6.45, 7) is 0.530. The molecule has 1 aromatic carbocycles. The fourth-order valence-corrected chi connectivity index (χ4v) is 1.36. The number of benzene rings is 1. The number of nitrogens with one attached hydrogen (secondary N) is 1. The number of nitrogens with zero attached hydrogens (tertiary/aromatic N) is 2. The molecule has 0 saturated carbocycles. The van der Waals surface area contributed by atoms with E-state index in [0.717, 1.165) is 5.56 Å². The highest BCUT2D eigenvalue weighted by molar-refractivity contribution is 5.33. The maximum atomic E-state index is 12.3. The van der Waals surface area contributed by atoms with Gasteiger partial charge in [-0.1, -0.05) is 24.3 Å². The molecule has 88 valence electrons. The van der Waals surface area contributed by atoms with E-state index in [1.54, 1.807) is 30.7 Å². The maximum Gasteiger partial charge on any atom is 0.263 e. The van der Waals surface area contributed by atoms with E-state index < -0.39 is 6.43 Å². The van der Waals surface area contributed by atoms with Gasteiger partial charge in [0.2, 0.25) is 0 Å². The fraction of sp³-hybridized carbons (Fsp3) is 0.167. The maximum absolute atomic E-state index is 12.3. The Kier molecular flexibility index (Phi) is 3.59. The molecule has 0 fully saturated rings. The van der Waals surface area contributed by atoms with E-state index in [1.165, 1.54) is 12.1 Å². The summed E-state index contributed by atoms with van der Waals surface area (Å²) in [6.07, 6.45) is 2.36. The van der Waals surface area contributed by atoms with Crippen molar-refractivity contribution < 1.29 is 8.78 Å². The Labute approximate surface area is 97.5 Å². The van der Waals surface area contributed by atoms with Crippen molar-refractivity contribution in [2.75, 3.05) is 5.32 Å². The van der Waals surface area contributed by atoms with Crippen LogP contribution in [0, 0.1) is 0 Å². The molecule has 1 N–H and O–H groups in total. The third kappa shape index (κ3) is 3.21. The van der Waals surface area contributed by atoms with Crippen LogP contribution in [0.4, 0.5) is 14.6 Å². The molecule has 1 aromatic heterocycles. The van der Waals surface area contributed by atoms with E-state index in [-0.39, 0.29) is 5.56 Å². The minimum atomic E-state index is -2.42. The molecule has 0 aliphatic carbocycles. The van der Waals surface area contributed by atoms with Crippen molar-refractivity contribution in [1.29, 1.82) is 0 Å². The van der Waals surface area contributed by atoms with Gasteiger partial charge in [0.25, 0.3) is 6.43 Å². The highest BCUT2D eigenvalue weighted by Crippen LogP contribution is 2.18. The summed E-state index contributed by atoms with van der Waals surface area (Å²) in [5.41, 5.74) is 0.952. The standard InChI is InChI=1S/C12H11F2N3/c13-12(14)10-3-1-9(2-4-10)7-17-11-8-15-5-6-16-11/h1-6,8,12H,7H2,(H,16,17). The van der Waals surface area contributed by atoms with Crippen molar-refractivity contribution in [1.82, 2.24) is 9.97 Å². The van der Waals surface area contributed by atoms with Crippen molar-refractivity contribution in [3.05, 3.63) is 54.0 Å². The molecular formula is C12H11F2N3. The van der Waals surface area contributed by atoms with Crippen LogP contribution in [0.3, 0.4) is 0 Å². The first-order chi connectivity index (χ1) is 8.25. The summed E-state index contributed by atoms with van der Waals surface area (Å²) in [5, 5.41) is 3.05. The Morgan fingerprint density at radius 1 is 1.12 bits per heavy atom. The van der Waals surface area contributed by atoms with Gasteiger partial charge in [0.1, 0.15) is 5.82 Å². The lowest BCUT2D eigenvalue weighted by atomic mass is 10.1. The minimum absolute atomic E-state index is 0.0354. The van der Waals surface area contributed by atoms with Gasteiger partial charge in [0.05, 0.1) is 6.20 Å². The highest BCUT2D eigenvalue weighted by atomic mass is 19.3. The molecule has 0 aliphatic rings. The minimum Gasteiger partial charge on any atom is -0.365 e. The normalized spacial score (nSPS) is 10.5. The topological polar surface area (TPSA) is 37.8 Å². The average Bonchev–Trinajstić information content (AvgIpc) is 2.38. The lowest BCUT2D eigenvalue weighted by Gasteiger charge is -2.05. The molecule has 0 aliphatic heterocycles. The Bertz CT molecular complexity index is 457. The van der Waals surface area contributed by atoms with Gasteiger partial charge in [-0.3, -0.25) is 4.98 Å². The molecule has 5 heteroatoms. The molecule has 0 bridgehead atoms. The lowest BCUT2D eigenvalue weighted by Crippen LogP contribution is -2.01. The van der Waals surface area contributed by atoms with Crippen molar-refractivity contribution in [2.45, 2.75) is 13.0 Å². The zero-order valence-electron chi connectivity index (χ0n) is 8.98. The van der Waals surface area contributed by atoms with E-state index in [1.807, 2.05) is 0 Å². The SMILES string of the molecule is FC(F)c1ccc(CNc2cnccn2)cc1. The Morgan fingerprint density at radius 3 is 2.47 bits per heavy atom. The fourth-order valence-electron chi connectivity index (χ4n) is 1.36. The van der Waals surface area contributed by atoms with E-state index in [4.69, 9.17) is 0 Å². The van der Waals surface area contributed by atoms with Gasteiger partial charge in [-0.15, -0.1) is 0 Å². The summed E-state index contributed by atoms with van der Waals surface area (Å²) < 4.78 is 24.6. The Balaban J connectivity index is 1.96. The van der Waals surface area contributed by atoms with Gasteiger partial charge in [-0.25, -0.2) is 13.8 Å². The summed E-state index contributed by atoms with van der Waals surface area (Å²) >= 11 is 0. The van der Waals surface area contributed by atoms with Crippen LogP contribution in [-0.4, -0.2) is 9.97 Å². The number of hydrogen-bond acceptors (Lipinski definition) is 3. The molecule has 0 radical (unpaired) electrons. The number of aromatic nitrogens is 2. The second-order valence-corrected chi connectivity index (χ2v) is 3.49. The lowest BCUT2D eigenvalue weighted by molar-refractivity contribution is 0.151. The first-order valence-electron chi connectivity index (χ1n) is 5.12. The second kappa shape index (κ2) is 5.34. The predicted molar refractivity (Wildman–Crippen MR) is 60.8 cm³/mol. The van der Waals surface area contributed by atoms with E-state index in [2.05, 4.69) is 15.3 Å². The smallest absolute Gasteiger partial charge is 0.263 e. The molecule has 0 spiro atoms. The van der Waals surface area contributed by atoms with E-state index in [9.17, 15) is 8.78 Å². The van der Waals surface area contributed by atoms with Crippen LogP contribution in [0.25, 0.3) is 0 Å². The summed E-state index contributed by atoms with van der Waals surface area (Å²) in [5.74, 6) is 0.658. The number of hydrogen-bond donors (Lipinski definition) is 1. The third-order valence-corrected chi connectivity index (χ3v) is 2.27. The zero-order valence-corrected chi connectivity index (χ0v) is 8.98.